The van der Waals surface area contributed by atoms with E-state index in [1.807, 2.05) is 0 Å². The maximum atomic E-state index is 11.7. The molecule has 1 aliphatic rings. The highest BCUT2D eigenvalue weighted by Gasteiger charge is 2.53. The average molecular weight is 424 g/mol. The number of esters is 4. The molecule has 30 heavy (non-hydrogen) atoms. The van der Waals surface area contributed by atoms with Gasteiger partial charge >= 0.3 is 23.9 Å². The summed E-state index contributed by atoms with van der Waals surface area (Å²) in [4.78, 5) is 46.4. The molecule has 1 aromatic rings. The molecule has 164 valence electrons. The number of carbonyl (C=O) groups excluding carboxylic acids is 4. The Morgan fingerprint density at radius 3 is 1.83 bits per heavy atom. The summed E-state index contributed by atoms with van der Waals surface area (Å²) < 4.78 is 32.6. The van der Waals surface area contributed by atoms with Crippen LogP contribution in [0.1, 0.15) is 27.7 Å². The summed E-state index contributed by atoms with van der Waals surface area (Å²) >= 11 is 0. The minimum Gasteiger partial charge on any atom is -0.463 e. The molecule has 2 rings (SSSR count). The Morgan fingerprint density at radius 1 is 0.767 bits per heavy atom. The number of hydrogen-bond donors (Lipinski definition) is 0. The van der Waals surface area contributed by atoms with Gasteiger partial charge < -0.3 is 28.4 Å². The predicted molar refractivity (Wildman–Crippen MR) is 99.0 cm³/mol. The van der Waals surface area contributed by atoms with Gasteiger partial charge in [0.1, 0.15) is 18.5 Å². The topological polar surface area (TPSA) is 124 Å². The molecular weight excluding hydrogens is 400 g/mol. The van der Waals surface area contributed by atoms with Gasteiger partial charge in [0, 0.05) is 27.7 Å². The Hall–Kier alpha value is -3.14. The number of para-hydroxylation sites is 1. The van der Waals surface area contributed by atoms with Crippen LogP contribution in [0.3, 0.4) is 0 Å². The summed E-state index contributed by atoms with van der Waals surface area (Å²) in [6, 6.07) is 8.52. The fraction of sp³-hybridized carbons (Fsp3) is 0.500. The van der Waals surface area contributed by atoms with Crippen LogP contribution in [-0.4, -0.2) is 61.2 Å². The van der Waals surface area contributed by atoms with E-state index < -0.39 is 54.6 Å². The monoisotopic (exact) mass is 424 g/mol. The van der Waals surface area contributed by atoms with E-state index in [1.165, 1.54) is 6.92 Å². The molecule has 0 radical (unpaired) electrons. The number of ether oxygens (including phenoxy) is 6. The summed E-state index contributed by atoms with van der Waals surface area (Å²) in [6.07, 6.45) is -6.04. The highest BCUT2D eigenvalue weighted by atomic mass is 16.7. The lowest BCUT2D eigenvalue weighted by molar-refractivity contribution is -0.288. The smallest absolute Gasteiger partial charge is 0.303 e. The van der Waals surface area contributed by atoms with Crippen LogP contribution in [0.4, 0.5) is 0 Å². The largest absolute Gasteiger partial charge is 0.463 e. The van der Waals surface area contributed by atoms with Gasteiger partial charge in [-0.25, -0.2) is 0 Å². The first-order chi connectivity index (χ1) is 14.2. The molecule has 0 saturated carbocycles. The molecule has 0 bridgehead atoms. The molecule has 0 N–H and O–H groups in total. The standard InChI is InChI=1S/C20H24O10/c1-11(21)25-10-16-17(26-12(2)22)18(27-13(3)23)19(28-14(4)24)20(30-16)29-15-8-6-5-7-9-15/h5-9,16-20H,10H2,1-4H3/t16-,17-,18+,19-,20+/m1/s1. The second kappa shape index (κ2) is 10.6. The zero-order valence-electron chi connectivity index (χ0n) is 17.1. The van der Waals surface area contributed by atoms with E-state index in [0.29, 0.717) is 5.75 Å². The van der Waals surface area contributed by atoms with Gasteiger partial charge in [-0.1, -0.05) is 18.2 Å². The molecule has 1 fully saturated rings. The zero-order valence-corrected chi connectivity index (χ0v) is 17.1. The SMILES string of the molecule is CC(=O)OC[C@H]1O[C@H](Oc2ccccc2)[C@H](OC(C)=O)[C@@H](OC(C)=O)[C@@H]1OC(C)=O. The first-order valence-electron chi connectivity index (χ1n) is 9.19. The Bertz CT molecular complexity index is 762. The van der Waals surface area contributed by atoms with E-state index >= 15 is 0 Å². The van der Waals surface area contributed by atoms with Crippen molar-refractivity contribution < 1.29 is 47.6 Å². The minimum atomic E-state index is -1.27. The van der Waals surface area contributed by atoms with Gasteiger partial charge in [0.25, 0.3) is 0 Å². The molecule has 10 nitrogen and oxygen atoms in total. The summed E-state index contributed by atoms with van der Waals surface area (Å²) in [7, 11) is 0. The quantitative estimate of drug-likeness (QED) is 0.465. The molecule has 1 heterocycles. The van der Waals surface area contributed by atoms with E-state index in [4.69, 9.17) is 28.4 Å². The highest BCUT2D eigenvalue weighted by Crippen LogP contribution is 2.30. The van der Waals surface area contributed by atoms with Crippen molar-refractivity contribution in [1.82, 2.24) is 0 Å². The van der Waals surface area contributed by atoms with Crippen molar-refractivity contribution in [3.8, 4) is 5.75 Å². The Morgan fingerprint density at radius 2 is 1.30 bits per heavy atom. The van der Waals surface area contributed by atoms with Gasteiger partial charge in [-0.3, -0.25) is 19.2 Å². The van der Waals surface area contributed by atoms with Gasteiger partial charge in [-0.15, -0.1) is 0 Å². The van der Waals surface area contributed by atoms with Crippen LogP contribution in [0.25, 0.3) is 0 Å². The van der Waals surface area contributed by atoms with Gasteiger partial charge in [0.15, 0.2) is 12.2 Å². The third kappa shape index (κ3) is 6.73. The van der Waals surface area contributed by atoms with Crippen LogP contribution in [0.2, 0.25) is 0 Å². The van der Waals surface area contributed by atoms with E-state index in [9.17, 15) is 19.2 Å². The van der Waals surface area contributed by atoms with Crippen LogP contribution in [0, 0.1) is 0 Å². The summed E-state index contributed by atoms with van der Waals surface area (Å²) in [5.41, 5.74) is 0. The second-order valence-electron chi connectivity index (χ2n) is 6.50. The van der Waals surface area contributed by atoms with Gasteiger partial charge in [0.2, 0.25) is 12.4 Å². The lowest BCUT2D eigenvalue weighted by atomic mass is 9.98. The van der Waals surface area contributed by atoms with Gasteiger partial charge in [-0.05, 0) is 12.1 Å². The Kier molecular flexibility index (Phi) is 8.16. The van der Waals surface area contributed by atoms with Crippen LogP contribution in [0.15, 0.2) is 30.3 Å². The van der Waals surface area contributed by atoms with E-state index in [-0.39, 0.29) is 6.61 Å². The molecule has 0 amide bonds. The third-order valence-electron chi connectivity index (χ3n) is 3.94. The number of rotatable bonds is 7. The zero-order chi connectivity index (χ0) is 22.3. The summed E-state index contributed by atoms with van der Waals surface area (Å²) in [5.74, 6) is -2.30. The molecular formula is C20H24O10. The van der Waals surface area contributed by atoms with Crippen LogP contribution in [-0.2, 0) is 42.9 Å². The molecule has 1 aliphatic heterocycles. The summed E-state index contributed by atoms with van der Waals surface area (Å²) in [6.45, 7) is 4.36. The molecule has 10 heteroatoms. The molecule has 1 aromatic carbocycles. The fourth-order valence-corrected chi connectivity index (χ4v) is 2.92. The normalized spacial score (nSPS) is 25.5. The molecule has 1 saturated heterocycles. The van der Waals surface area contributed by atoms with Crippen molar-refractivity contribution in [3.63, 3.8) is 0 Å². The average Bonchev–Trinajstić information content (AvgIpc) is 2.64. The van der Waals surface area contributed by atoms with Crippen molar-refractivity contribution in [2.75, 3.05) is 6.61 Å². The van der Waals surface area contributed by atoms with Crippen molar-refractivity contribution in [2.45, 2.75) is 58.4 Å². The van der Waals surface area contributed by atoms with E-state index in [2.05, 4.69) is 0 Å². The number of benzene rings is 1. The van der Waals surface area contributed by atoms with Gasteiger partial charge in [-0.2, -0.15) is 0 Å². The lowest BCUT2D eigenvalue weighted by Crippen LogP contribution is -2.63. The Balaban J connectivity index is 2.42. The van der Waals surface area contributed by atoms with Crippen molar-refractivity contribution in [3.05, 3.63) is 30.3 Å². The number of carbonyl (C=O) groups is 4. The van der Waals surface area contributed by atoms with E-state index in [1.54, 1.807) is 30.3 Å². The Labute approximate surface area is 173 Å². The van der Waals surface area contributed by atoms with Crippen LogP contribution < -0.4 is 4.74 Å². The first kappa shape index (κ1) is 23.1. The lowest BCUT2D eigenvalue weighted by Gasteiger charge is -2.43. The highest BCUT2D eigenvalue weighted by molar-refractivity contribution is 5.68. The van der Waals surface area contributed by atoms with Gasteiger partial charge in [0.05, 0.1) is 0 Å². The van der Waals surface area contributed by atoms with E-state index in [0.717, 1.165) is 20.8 Å². The molecule has 0 aliphatic carbocycles. The van der Waals surface area contributed by atoms with Crippen LogP contribution >= 0.6 is 0 Å². The first-order valence-corrected chi connectivity index (χ1v) is 9.19. The maximum absolute atomic E-state index is 11.7. The van der Waals surface area contributed by atoms with Crippen molar-refractivity contribution in [2.24, 2.45) is 0 Å². The fourth-order valence-electron chi connectivity index (χ4n) is 2.92. The minimum absolute atomic E-state index is 0.313. The molecule has 0 unspecified atom stereocenters. The molecule has 5 atom stereocenters. The molecule has 0 spiro atoms. The van der Waals surface area contributed by atoms with Crippen molar-refractivity contribution in [1.29, 1.82) is 0 Å². The number of hydrogen-bond acceptors (Lipinski definition) is 10. The van der Waals surface area contributed by atoms with Crippen LogP contribution in [0.5, 0.6) is 5.75 Å². The van der Waals surface area contributed by atoms with Crippen molar-refractivity contribution >= 4 is 23.9 Å². The maximum Gasteiger partial charge on any atom is 0.303 e. The second-order valence-corrected chi connectivity index (χ2v) is 6.50. The summed E-state index contributed by atoms with van der Waals surface area (Å²) in [5, 5.41) is 0. The molecule has 0 aromatic heterocycles. The third-order valence-corrected chi connectivity index (χ3v) is 3.94. The predicted octanol–water partition coefficient (Wildman–Crippen LogP) is 1.15.